The van der Waals surface area contributed by atoms with E-state index in [-0.39, 0.29) is 5.41 Å². The fourth-order valence-corrected chi connectivity index (χ4v) is 3.01. The zero-order chi connectivity index (χ0) is 12.5. The highest BCUT2D eigenvalue weighted by Crippen LogP contribution is 2.40. The van der Waals surface area contributed by atoms with Crippen LogP contribution in [-0.4, -0.2) is 6.54 Å². The van der Waals surface area contributed by atoms with Crippen LogP contribution >= 0.6 is 0 Å². The Hall–Kier alpha value is -0.960. The number of benzene rings is 1. The molecule has 1 aromatic carbocycles. The molecule has 94 valence electrons. The molecule has 1 nitrogen and oxygen atoms in total. The predicted molar refractivity (Wildman–Crippen MR) is 64.9 cm³/mol. The molecule has 0 amide bonds. The maximum atomic E-state index is 13.6. The quantitative estimate of drug-likeness (QED) is 0.840. The van der Waals surface area contributed by atoms with Crippen molar-refractivity contribution in [2.24, 2.45) is 5.73 Å². The van der Waals surface area contributed by atoms with Gasteiger partial charge in [-0.15, -0.1) is 0 Å². The van der Waals surface area contributed by atoms with E-state index in [2.05, 4.69) is 0 Å². The summed E-state index contributed by atoms with van der Waals surface area (Å²) in [6.07, 6.45) is 5.25. The molecule has 1 fully saturated rings. The summed E-state index contributed by atoms with van der Waals surface area (Å²) in [5.74, 6) is -0.958. The molecule has 2 rings (SSSR count). The first-order chi connectivity index (χ1) is 8.09. The zero-order valence-corrected chi connectivity index (χ0v) is 10.2. The van der Waals surface area contributed by atoms with E-state index in [1.165, 1.54) is 12.5 Å². The molecular weight excluding hydrogens is 220 g/mol. The summed E-state index contributed by atoms with van der Waals surface area (Å²) in [7, 11) is 0. The number of halogens is 2. The highest BCUT2D eigenvalue weighted by atomic mass is 19.1. The Labute approximate surface area is 101 Å². The second kappa shape index (κ2) is 4.73. The minimum atomic E-state index is -0.499. The molecule has 17 heavy (non-hydrogen) atoms. The summed E-state index contributed by atoms with van der Waals surface area (Å²) < 4.78 is 27.0. The summed E-state index contributed by atoms with van der Waals surface area (Å²) in [6.45, 7) is 2.19. The fraction of sp³-hybridized carbons (Fsp3) is 0.571. The topological polar surface area (TPSA) is 26.0 Å². The zero-order valence-electron chi connectivity index (χ0n) is 10.2. The van der Waals surface area contributed by atoms with Gasteiger partial charge in [-0.25, -0.2) is 8.78 Å². The minimum absolute atomic E-state index is 0.217. The van der Waals surface area contributed by atoms with E-state index in [9.17, 15) is 8.78 Å². The van der Waals surface area contributed by atoms with Crippen molar-refractivity contribution in [2.75, 3.05) is 6.54 Å². The van der Waals surface area contributed by atoms with E-state index in [4.69, 9.17) is 5.73 Å². The Kier molecular flexibility index (Phi) is 3.48. The van der Waals surface area contributed by atoms with Gasteiger partial charge in [-0.3, -0.25) is 0 Å². The van der Waals surface area contributed by atoms with Crippen LogP contribution in [0.2, 0.25) is 0 Å². The van der Waals surface area contributed by atoms with Gasteiger partial charge in [0, 0.05) is 18.0 Å². The molecule has 1 aliphatic rings. The molecule has 0 atom stereocenters. The lowest BCUT2D eigenvalue weighted by atomic mass is 9.68. The van der Waals surface area contributed by atoms with E-state index < -0.39 is 11.6 Å². The van der Waals surface area contributed by atoms with Gasteiger partial charge in [0.25, 0.3) is 0 Å². The van der Waals surface area contributed by atoms with E-state index in [0.29, 0.717) is 12.1 Å². The minimum Gasteiger partial charge on any atom is -0.330 e. The summed E-state index contributed by atoms with van der Waals surface area (Å²) in [6, 6.07) is 2.42. The van der Waals surface area contributed by atoms with Crippen LogP contribution in [0.25, 0.3) is 0 Å². The molecule has 0 unspecified atom stereocenters. The molecule has 0 bridgehead atoms. The maximum absolute atomic E-state index is 13.6. The van der Waals surface area contributed by atoms with Gasteiger partial charge in [0.05, 0.1) is 0 Å². The van der Waals surface area contributed by atoms with Crippen LogP contribution < -0.4 is 5.73 Å². The van der Waals surface area contributed by atoms with E-state index >= 15 is 0 Å². The van der Waals surface area contributed by atoms with E-state index in [1.807, 2.05) is 0 Å². The molecule has 0 heterocycles. The predicted octanol–water partition coefficient (Wildman–Crippen LogP) is 3.43. The van der Waals surface area contributed by atoms with Crippen molar-refractivity contribution in [3.8, 4) is 0 Å². The van der Waals surface area contributed by atoms with Crippen LogP contribution in [0.4, 0.5) is 8.78 Å². The third-order valence-corrected chi connectivity index (χ3v) is 4.08. The second-order valence-corrected chi connectivity index (χ2v) is 5.11. The molecular formula is C14H19F2N. The van der Waals surface area contributed by atoms with E-state index in [1.54, 1.807) is 6.92 Å². The first kappa shape index (κ1) is 12.5. The van der Waals surface area contributed by atoms with Gasteiger partial charge in [0.1, 0.15) is 11.6 Å². The highest BCUT2D eigenvalue weighted by molar-refractivity contribution is 5.36. The van der Waals surface area contributed by atoms with Crippen molar-refractivity contribution in [3.05, 3.63) is 34.9 Å². The monoisotopic (exact) mass is 239 g/mol. The molecule has 3 heteroatoms. The molecule has 2 N–H and O–H groups in total. The van der Waals surface area contributed by atoms with Crippen LogP contribution in [0.15, 0.2) is 12.1 Å². The first-order valence-corrected chi connectivity index (χ1v) is 6.25. The normalized spacial score (nSPS) is 19.3. The Morgan fingerprint density at radius 1 is 1.18 bits per heavy atom. The van der Waals surface area contributed by atoms with Gasteiger partial charge >= 0.3 is 0 Å². The van der Waals surface area contributed by atoms with Crippen molar-refractivity contribution < 1.29 is 8.78 Å². The van der Waals surface area contributed by atoms with Crippen LogP contribution in [0.1, 0.15) is 43.2 Å². The van der Waals surface area contributed by atoms with Crippen molar-refractivity contribution in [2.45, 2.75) is 44.4 Å². The average Bonchev–Trinajstić information content (AvgIpc) is 2.34. The number of hydrogen-bond acceptors (Lipinski definition) is 1. The van der Waals surface area contributed by atoms with Crippen LogP contribution in [0.3, 0.4) is 0 Å². The highest BCUT2D eigenvalue weighted by Gasteiger charge is 2.34. The Bertz CT molecular complexity index is 409. The van der Waals surface area contributed by atoms with Crippen LogP contribution in [0, 0.1) is 18.6 Å². The number of hydrogen-bond donors (Lipinski definition) is 1. The Morgan fingerprint density at radius 3 is 2.41 bits per heavy atom. The lowest BCUT2D eigenvalue weighted by molar-refractivity contribution is 0.297. The third-order valence-electron chi connectivity index (χ3n) is 4.08. The molecule has 1 aromatic rings. The molecule has 0 spiro atoms. The largest absolute Gasteiger partial charge is 0.330 e. The van der Waals surface area contributed by atoms with E-state index in [0.717, 1.165) is 37.3 Å². The van der Waals surface area contributed by atoms with Crippen LogP contribution in [-0.2, 0) is 5.41 Å². The summed E-state index contributed by atoms with van der Waals surface area (Å²) in [4.78, 5) is 0. The molecule has 0 saturated heterocycles. The number of nitrogens with two attached hydrogens (primary N) is 1. The average molecular weight is 239 g/mol. The molecule has 0 aliphatic heterocycles. The van der Waals surface area contributed by atoms with Gasteiger partial charge in [-0.1, -0.05) is 19.3 Å². The van der Waals surface area contributed by atoms with Crippen molar-refractivity contribution in [1.82, 2.24) is 0 Å². The van der Waals surface area contributed by atoms with Crippen molar-refractivity contribution >= 4 is 0 Å². The van der Waals surface area contributed by atoms with Gasteiger partial charge in [0.15, 0.2) is 0 Å². The molecule has 1 aliphatic carbocycles. The fourth-order valence-electron chi connectivity index (χ4n) is 3.01. The van der Waals surface area contributed by atoms with Gasteiger partial charge in [-0.2, -0.15) is 0 Å². The molecule has 1 saturated carbocycles. The lowest BCUT2D eigenvalue weighted by Gasteiger charge is -2.38. The standard InChI is InChI=1S/C14H19F2N/c1-10-12(7-11(15)8-13(10)16)14(9-17)5-3-2-4-6-14/h7-8H,2-6,9,17H2,1H3. The summed E-state index contributed by atoms with van der Waals surface area (Å²) in [5.41, 5.74) is 7.01. The molecule has 0 aromatic heterocycles. The number of rotatable bonds is 2. The Balaban J connectivity index is 2.49. The smallest absolute Gasteiger partial charge is 0.129 e. The second-order valence-electron chi connectivity index (χ2n) is 5.11. The van der Waals surface area contributed by atoms with Gasteiger partial charge in [-0.05, 0) is 37.0 Å². The molecule has 0 radical (unpaired) electrons. The third kappa shape index (κ3) is 2.21. The maximum Gasteiger partial charge on any atom is 0.129 e. The van der Waals surface area contributed by atoms with Crippen molar-refractivity contribution in [3.63, 3.8) is 0 Å². The van der Waals surface area contributed by atoms with Gasteiger partial charge in [0.2, 0.25) is 0 Å². The first-order valence-electron chi connectivity index (χ1n) is 6.25. The van der Waals surface area contributed by atoms with Crippen LogP contribution in [0.5, 0.6) is 0 Å². The lowest BCUT2D eigenvalue weighted by Crippen LogP contribution is -2.38. The Morgan fingerprint density at radius 2 is 1.82 bits per heavy atom. The van der Waals surface area contributed by atoms with Crippen molar-refractivity contribution in [1.29, 1.82) is 0 Å². The summed E-state index contributed by atoms with van der Waals surface area (Å²) in [5, 5.41) is 0. The van der Waals surface area contributed by atoms with Gasteiger partial charge < -0.3 is 5.73 Å². The SMILES string of the molecule is Cc1c(F)cc(F)cc1C1(CN)CCCCC1. The summed E-state index contributed by atoms with van der Waals surface area (Å²) >= 11 is 0.